The Hall–Kier alpha value is -1.77. The number of aliphatic hydroxyl groups is 1. The Morgan fingerprint density at radius 1 is 1.55 bits per heavy atom. The number of aliphatic hydroxyl groups excluding tert-OH is 1. The first-order valence-electron chi connectivity index (χ1n) is 5.93. The first-order chi connectivity index (χ1) is 9.12. The Labute approximate surface area is 114 Å². The Balaban J connectivity index is 2.64. The molecule has 0 aliphatic heterocycles. The quantitative estimate of drug-likeness (QED) is 0.890. The van der Waals surface area contributed by atoms with Crippen LogP contribution in [0.5, 0.6) is 0 Å². The largest absolute Gasteiger partial charge is 0.416 e. The van der Waals surface area contributed by atoms with Gasteiger partial charge in [-0.3, -0.25) is 5.32 Å². The van der Waals surface area contributed by atoms with Crippen LogP contribution in [0.2, 0.25) is 0 Å². The van der Waals surface area contributed by atoms with Crippen molar-refractivity contribution in [2.45, 2.75) is 32.2 Å². The van der Waals surface area contributed by atoms with Gasteiger partial charge >= 0.3 is 12.2 Å². The van der Waals surface area contributed by atoms with Crippen molar-refractivity contribution in [2.24, 2.45) is 0 Å². The molecular formula is C11H17F3N4O2. The van der Waals surface area contributed by atoms with E-state index in [0.717, 1.165) is 4.90 Å². The highest BCUT2D eigenvalue weighted by molar-refractivity contribution is 5.88. The maximum Gasteiger partial charge on any atom is 0.416 e. The summed E-state index contributed by atoms with van der Waals surface area (Å²) < 4.78 is 38.1. The summed E-state index contributed by atoms with van der Waals surface area (Å²) >= 11 is 0. The third-order valence-electron chi connectivity index (χ3n) is 2.57. The Morgan fingerprint density at radius 2 is 2.15 bits per heavy atom. The normalized spacial score (nSPS) is 13.4. The van der Waals surface area contributed by atoms with Gasteiger partial charge in [0.25, 0.3) is 0 Å². The zero-order chi connectivity index (χ0) is 15.5. The molecule has 0 saturated heterocycles. The molecule has 1 aromatic rings. The van der Waals surface area contributed by atoms with E-state index >= 15 is 0 Å². The zero-order valence-electron chi connectivity index (χ0n) is 11.3. The van der Waals surface area contributed by atoms with Gasteiger partial charge in [0.1, 0.15) is 5.82 Å². The van der Waals surface area contributed by atoms with Crippen molar-refractivity contribution in [3.8, 4) is 0 Å². The first kappa shape index (κ1) is 16.3. The molecule has 0 saturated carbocycles. The molecule has 0 aliphatic rings. The third-order valence-corrected chi connectivity index (χ3v) is 2.57. The predicted octanol–water partition coefficient (Wildman–Crippen LogP) is 1.85. The lowest BCUT2D eigenvalue weighted by atomic mass is 10.3. The molecule has 0 spiro atoms. The average Bonchev–Trinajstić information content (AvgIpc) is 2.75. The number of alkyl halides is 3. The highest BCUT2D eigenvalue weighted by Gasteiger charge is 2.39. The van der Waals surface area contributed by atoms with Gasteiger partial charge in [0.05, 0.1) is 12.7 Å². The van der Waals surface area contributed by atoms with Gasteiger partial charge in [-0.15, -0.1) is 0 Å². The molecule has 6 nitrogen and oxygen atoms in total. The molecule has 0 radical (unpaired) electrons. The van der Waals surface area contributed by atoms with Crippen LogP contribution in [-0.4, -0.2) is 51.7 Å². The van der Waals surface area contributed by atoms with Crippen LogP contribution in [0.25, 0.3) is 0 Å². The van der Waals surface area contributed by atoms with E-state index in [-0.39, 0.29) is 6.04 Å². The number of urea groups is 1. The molecule has 1 atom stereocenters. The van der Waals surface area contributed by atoms with Gasteiger partial charge in [-0.05, 0) is 13.8 Å². The molecule has 1 aromatic heterocycles. The summed E-state index contributed by atoms with van der Waals surface area (Å²) in [5, 5.41) is 15.3. The standard InChI is InChI=1S/C11H17F3N4O2/c1-7(2)18-9(4-5-15-18)16-10(20)17(3)6-8(19)11(12,13)14/h4-5,7-8,19H,6H2,1-3H3,(H,16,20). The monoisotopic (exact) mass is 294 g/mol. The van der Waals surface area contributed by atoms with Gasteiger partial charge in [-0.2, -0.15) is 18.3 Å². The summed E-state index contributed by atoms with van der Waals surface area (Å²) in [7, 11) is 1.17. The lowest BCUT2D eigenvalue weighted by Crippen LogP contribution is -2.43. The average molecular weight is 294 g/mol. The first-order valence-corrected chi connectivity index (χ1v) is 5.93. The van der Waals surface area contributed by atoms with E-state index in [1.807, 2.05) is 13.8 Å². The number of nitrogens with one attached hydrogen (secondary N) is 1. The van der Waals surface area contributed by atoms with E-state index in [9.17, 15) is 18.0 Å². The number of hydrogen-bond donors (Lipinski definition) is 2. The van der Waals surface area contributed by atoms with Gasteiger partial charge in [0, 0.05) is 19.2 Å². The van der Waals surface area contributed by atoms with Crippen molar-refractivity contribution >= 4 is 11.8 Å². The van der Waals surface area contributed by atoms with E-state index in [1.165, 1.54) is 24.0 Å². The van der Waals surface area contributed by atoms with Crippen molar-refractivity contribution in [1.29, 1.82) is 0 Å². The van der Waals surface area contributed by atoms with Crippen LogP contribution in [0.3, 0.4) is 0 Å². The number of aromatic nitrogens is 2. The molecule has 2 amide bonds. The smallest absolute Gasteiger partial charge is 0.382 e. The minimum absolute atomic E-state index is 0.00799. The Bertz CT molecular complexity index is 459. The number of hydrogen-bond acceptors (Lipinski definition) is 3. The fraction of sp³-hybridized carbons (Fsp3) is 0.636. The Morgan fingerprint density at radius 3 is 2.65 bits per heavy atom. The Kier molecular flexibility index (Phi) is 4.98. The topological polar surface area (TPSA) is 70.4 Å². The lowest BCUT2D eigenvalue weighted by Gasteiger charge is -2.23. The molecule has 0 aromatic carbocycles. The molecule has 0 bridgehead atoms. The van der Waals surface area contributed by atoms with Crippen molar-refractivity contribution in [3.05, 3.63) is 12.3 Å². The highest BCUT2D eigenvalue weighted by atomic mass is 19.4. The summed E-state index contributed by atoms with van der Waals surface area (Å²) in [5.41, 5.74) is 0. The summed E-state index contributed by atoms with van der Waals surface area (Å²) in [6.07, 6.45) is -5.86. The molecule has 1 heterocycles. The summed E-state index contributed by atoms with van der Waals surface area (Å²) in [5.74, 6) is 0.373. The van der Waals surface area contributed by atoms with Gasteiger partial charge in [0.15, 0.2) is 6.10 Å². The number of halogens is 3. The molecule has 20 heavy (non-hydrogen) atoms. The van der Waals surface area contributed by atoms with Crippen LogP contribution < -0.4 is 5.32 Å². The van der Waals surface area contributed by atoms with Gasteiger partial charge < -0.3 is 10.0 Å². The SMILES string of the molecule is CC(C)n1nccc1NC(=O)N(C)CC(O)C(F)(F)F. The van der Waals surface area contributed by atoms with Crippen LogP contribution >= 0.6 is 0 Å². The van der Waals surface area contributed by atoms with Crippen molar-refractivity contribution < 1.29 is 23.1 Å². The van der Waals surface area contributed by atoms with Gasteiger partial charge in [-0.25, -0.2) is 9.48 Å². The van der Waals surface area contributed by atoms with Gasteiger partial charge in [-0.1, -0.05) is 0 Å². The number of anilines is 1. The van der Waals surface area contributed by atoms with E-state index < -0.39 is 24.9 Å². The van der Waals surface area contributed by atoms with E-state index in [1.54, 1.807) is 0 Å². The number of likely N-dealkylation sites (N-methyl/N-ethyl adjacent to an activating group) is 1. The minimum atomic E-state index is -4.76. The molecule has 0 fully saturated rings. The number of carbonyl (C=O) groups is 1. The number of carbonyl (C=O) groups excluding carboxylic acids is 1. The third kappa shape index (κ3) is 4.12. The molecule has 0 aliphatic carbocycles. The second kappa shape index (κ2) is 6.12. The molecule has 9 heteroatoms. The highest BCUT2D eigenvalue weighted by Crippen LogP contribution is 2.20. The van der Waals surface area contributed by atoms with E-state index in [4.69, 9.17) is 5.11 Å². The fourth-order valence-corrected chi connectivity index (χ4v) is 1.48. The van der Waals surface area contributed by atoms with E-state index in [2.05, 4.69) is 10.4 Å². The second-order valence-electron chi connectivity index (χ2n) is 4.62. The van der Waals surface area contributed by atoms with Crippen molar-refractivity contribution in [2.75, 3.05) is 18.9 Å². The van der Waals surface area contributed by atoms with Crippen molar-refractivity contribution in [1.82, 2.24) is 14.7 Å². The molecule has 1 unspecified atom stereocenters. The van der Waals surface area contributed by atoms with Crippen LogP contribution in [0, 0.1) is 0 Å². The predicted molar refractivity (Wildman–Crippen MR) is 66.3 cm³/mol. The van der Waals surface area contributed by atoms with Gasteiger partial charge in [0.2, 0.25) is 0 Å². The van der Waals surface area contributed by atoms with Crippen LogP contribution in [0.1, 0.15) is 19.9 Å². The molecule has 1 rings (SSSR count). The van der Waals surface area contributed by atoms with Crippen LogP contribution in [-0.2, 0) is 0 Å². The maximum absolute atomic E-state index is 12.2. The minimum Gasteiger partial charge on any atom is -0.382 e. The molecule has 2 N–H and O–H groups in total. The fourth-order valence-electron chi connectivity index (χ4n) is 1.48. The number of nitrogens with zero attached hydrogens (tertiary/aromatic N) is 3. The second-order valence-corrected chi connectivity index (χ2v) is 4.62. The van der Waals surface area contributed by atoms with Crippen LogP contribution in [0.4, 0.5) is 23.8 Å². The molecule has 114 valence electrons. The maximum atomic E-state index is 12.2. The zero-order valence-corrected chi connectivity index (χ0v) is 11.3. The molecular weight excluding hydrogens is 277 g/mol. The van der Waals surface area contributed by atoms with Crippen LogP contribution in [0.15, 0.2) is 12.3 Å². The number of amides is 2. The summed E-state index contributed by atoms with van der Waals surface area (Å²) in [6.45, 7) is 2.85. The lowest BCUT2D eigenvalue weighted by molar-refractivity contribution is -0.205. The summed E-state index contributed by atoms with van der Waals surface area (Å²) in [6, 6.07) is 0.772. The van der Waals surface area contributed by atoms with E-state index in [0.29, 0.717) is 5.82 Å². The summed E-state index contributed by atoms with van der Waals surface area (Å²) in [4.78, 5) is 12.5. The van der Waals surface area contributed by atoms with Crippen molar-refractivity contribution in [3.63, 3.8) is 0 Å². The number of rotatable bonds is 4.